The highest BCUT2D eigenvalue weighted by atomic mass is 15.0. The van der Waals surface area contributed by atoms with Gasteiger partial charge in [0.1, 0.15) is 5.82 Å². The number of nitrogens with two attached hydrogens (primary N) is 1. The van der Waals surface area contributed by atoms with Crippen molar-refractivity contribution in [3.63, 3.8) is 0 Å². The number of rotatable bonds is 3. The average Bonchev–Trinajstić information content (AvgIpc) is 2.05. The van der Waals surface area contributed by atoms with Crippen molar-refractivity contribution >= 4 is 5.82 Å². The van der Waals surface area contributed by atoms with Crippen molar-refractivity contribution < 1.29 is 0 Å². The Bertz CT molecular complexity index is 258. The molecule has 0 radical (unpaired) electrons. The maximum absolute atomic E-state index is 5.55. The molecule has 0 aliphatic heterocycles. The largest absolute Gasteiger partial charge is 0.370 e. The fourth-order valence-electron chi connectivity index (χ4n) is 1.07. The minimum atomic E-state index is 0.537. The smallest absolute Gasteiger partial charge is 0.130 e. The third-order valence-corrected chi connectivity index (χ3v) is 1.68. The second kappa shape index (κ2) is 4.07. The number of anilines is 1. The van der Waals surface area contributed by atoms with Crippen molar-refractivity contribution in [1.29, 1.82) is 0 Å². The van der Waals surface area contributed by atoms with Crippen LogP contribution in [0.1, 0.15) is 18.2 Å². The number of hydrogen-bond donors (Lipinski definition) is 2. The Morgan fingerprint density at radius 3 is 2.83 bits per heavy atom. The van der Waals surface area contributed by atoms with E-state index in [9.17, 15) is 0 Å². The Morgan fingerprint density at radius 1 is 1.50 bits per heavy atom. The second-order valence-electron chi connectivity index (χ2n) is 2.69. The number of aromatic nitrogens is 1. The van der Waals surface area contributed by atoms with E-state index in [-0.39, 0.29) is 0 Å². The van der Waals surface area contributed by atoms with Crippen molar-refractivity contribution in [1.82, 2.24) is 4.98 Å². The molecule has 0 unspecified atom stereocenters. The summed E-state index contributed by atoms with van der Waals surface area (Å²) in [6.45, 7) is 5.44. The Kier molecular flexibility index (Phi) is 3.05. The molecule has 1 rings (SSSR count). The predicted molar refractivity (Wildman–Crippen MR) is 51.0 cm³/mol. The van der Waals surface area contributed by atoms with Gasteiger partial charge in [-0.2, -0.15) is 0 Å². The molecule has 0 aliphatic carbocycles. The lowest BCUT2D eigenvalue weighted by atomic mass is 10.2. The van der Waals surface area contributed by atoms with Crippen LogP contribution in [0.15, 0.2) is 12.1 Å². The monoisotopic (exact) mass is 165 g/mol. The van der Waals surface area contributed by atoms with Gasteiger partial charge in [0.15, 0.2) is 0 Å². The first-order valence-corrected chi connectivity index (χ1v) is 4.18. The molecule has 1 heterocycles. The van der Waals surface area contributed by atoms with Crippen LogP contribution in [0.2, 0.25) is 0 Å². The van der Waals surface area contributed by atoms with E-state index in [1.54, 1.807) is 0 Å². The van der Waals surface area contributed by atoms with E-state index < -0.39 is 0 Å². The summed E-state index contributed by atoms with van der Waals surface area (Å²) < 4.78 is 0. The van der Waals surface area contributed by atoms with Crippen LogP contribution in [0, 0.1) is 6.92 Å². The minimum Gasteiger partial charge on any atom is -0.370 e. The van der Waals surface area contributed by atoms with E-state index in [1.165, 1.54) is 0 Å². The van der Waals surface area contributed by atoms with Crippen molar-refractivity contribution in [2.75, 3.05) is 11.9 Å². The van der Waals surface area contributed by atoms with Gasteiger partial charge in [-0.15, -0.1) is 0 Å². The van der Waals surface area contributed by atoms with Crippen LogP contribution >= 0.6 is 0 Å². The summed E-state index contributed by atoms with van der Waals surface area (Å²) in [6, 6.07) is 3.99. The van der Waals surface area contributed by atoms with Gasteiger partial charge >= 0.3 is 0 Å². The maximum Gasteiger partial charge on any atom is 0.130 e. The van der Waals surface area contributed by atoms with Gasteiger partial charge in [0.2, 0.25) is 0 Å². The van der Waals surface area contributed by atoms with Crippen LogP contribution in [0.25, 0.3) is 0 Å². The molecule has 0 atom stereocenters. The van der Waals surface area contributed by atoms with E-state index in [2.05, 4.69) is 10.3 Å². The molecular formula is C9H15N3. The van der Waals surface area contributed by atoms with Crippen molar-refractivity contribution in [3.8, 4) is 0 Å². The second-order valence-corrected chi connectivity index (χ2v) is 2.69. The summed E-state index contributed by atoms with van der Waals surface area (Å²) in [6.07, 6.45) is 0. The van der Waals surface area contributed by atoms with E-state index in [4.69, 9.17) is 5.73 Å². The van der Waals surface area contributed by atoms with Crippen molar-refractivity contribution in [2.45, 2.75) is 20.4 Å². The highest BCUT2D eigenvalue weighted by Gasteiger charge is 2.00. The molecule has 0 aromatic carbocycles. The van der Waals surface area contributed by atoms with E-state index in [1.807, 2.05) is 26.0 Å². The summed E-state index contributed by atoms with van der Waals surface area (Å²) >= 11 is 0. The Morgan fingerprint density at radius 2 is 2.25 bits per heavy atom. The molecule has 0 spiro atoms. The van der Waals surface area contributed by atoms with E-state index in [0.717, 1.165) is 23.6 Å². The molecule has 3 nitrogen and oxygen atoms in total. The van der Waals surface area contributed by atoms with Gasteiger partial charge in [-0.05, 0) is 19.9 Å². The normalized spacial score (nSPS) is 9.92. The predicted octanol–water partition coefficient (Wildman–Crippen LogP) is 1.28. The van der Waals surface area contributed by atoms with Gasteiger partial charge in [-0.1, -0.05) is 6.07 Å². The molecule has 0 amide bonds. The first kappa shape index (κ1) is 9.00. The molecule has 1 aromatic heterocycles. The third kappa shape index (κ3) is 1.95. The van der Waals surface area contributed by atoms with Crippen LogP contribution < -0.4 is 11.1 Å². The lowest BCUT2D eigenvalue weighted by Crippen LogP contribution is -2.07. The van der Waals surface area contributed by atoms with Crippen LogP contribution in [0.3, 0.4) is 0 Å². The van der Waals surface area contributed by atoms with Crippen LogP contribution in [0.4, 0.5) is 5.82 Å². The molecule has 1 aromatic rings. The topological polar surface area (TPSA) is 50.9 Å². The quantitative estimate of drug-likeness (QED) is 0.709. The van der Waals surface area contributed by atoms with Gasteiger partial charge in [0.25, 0.3) is 0 Å². The molecule has 0 saturated carbocycles. The highest BCUT2D eigenvalue weighted by molar-refractivity contribution is 5.44. The fraction of sp³-hybridized carbons (Fsp3) is 0.444. The minimum absolute atomic E-state index is 0.537. The Labute approximate surface area is 73.0 Å². The standard InChI is InChI=1S/C9H15N3/c1-3-11-9-8(6-10)5-4-7(2)12-9/h4-5H,3,6,10H2,1-2H3,(H,11,12). The molecule has 12 heavy (non-hydrogen) atoms. The number of nitrogens with zero attached hydrogens (tertiary/aromatic N) is 1. The maximum atomic E-state index is 5.55. The summed E-state index contributed by atoms with van der Waals surface area (Å²) in [5.74, 6) is 0.917. The van der Waals surface area contributed by atoms with Gasteiger partial charge in [0.05, 0.1) is 0 Å². The number of aryl methyl sites for hydroxylation is 1. The Balaban J connectivity index is 2.95. The molecule has 66 valence electrons. The lowest BCUT2D eigenvalue weighted by Gasteiger charge is -2.08. The third-order valence-electron chi connectivity index (χ3n) is 1.68. The molecule has 3 heteroatoms. The first-order valence-electron chi connectivity index (χ1n) is 4.18. The van der Waals surface area contributed by atoms with Crippen LogP contribution in [0.5, 0.6) is 0 Å². The average molecular weight is 165 g/mol. The lowest BCUT2D eigenvalue weighted by molar-refractivity contribution is 1.02. The summed E-state index contributed by atoms with van der Waals surface area (Å²) in [4.78, 5) is 4.34. The zero-order valence-electron chi connectivity index (χ0n) is 7.59. The summed E-state index contributed by atoms with van der Waals surface area (Å²) in [5, 5.41) is 3.18. The molecule has 0 fully saturated rings. The van der Waals surface area contributed by atoms with Crippen molar-refractivity contribution in [3.05, 3.63) is 23.4 Å². The highest BCUT2D eigenvalue weighted by Crippen LogP contribution is 2.11. The SMILES string of the molecule is CCNc1nc(C)ccc1CN. The van der Waals surface area contributed by atoms with E-state index in [0.29, 0.717) is 6.54 Å². The van der Waals surface area contributed by atoms with Crippen molar-refractivity contribution in [2.24, 2.45) is 5.73 Å². The molecule has 3 N–H and O–H groups in total. The zero-order valence-corrected chi connectivity index (χ0v) is 7.59. The molecule has 0 saturated heterocycles. The zero-order chi connectivity index (χ0) is 8.97. The summed E-state index contributed by atoms with van der Waals surface area (Å²) in [5.41, 5.74) is 7.64. The van der Waals surface area contributed by atoms with Gasteiger partial charge in [-0.3, -0.25) is 0 Å². The van der Waals surface area contributed by atoms with Gasteiger partial charge in [-0.25, -0.2) is 4.98 Å². The number of pyridine rings is 1. The number of nitrogens with one attached hydrogen (secondary N) is 1. The van der Waals surface area contributed by atoms with Gasteiger partial charge < -0.3 is 11.1 Å². The Hall–Kier alpha value is -1.09. The van der Waals surface area contributed by atoms with E-state index >= 15 is 0 Å². The molecule has 0 bridgehead atoms. The first-order chi connectivity index (χ1) is 5.77. The van der Waals surface area contributed by atoms with Crippen LogP contribution in [-0.2, 0) is 6.54 Å². The number of hydrogen-bond acceptors (Lipinski definition) is 3. The summed E-state index contributed by atoms with van der Waals surface area (Å²) in [7, 11) is 0. The molecule has 0 aliphatic rings. The van der Waals surface area contributed by atoms with Gasteiger partial charge in [0, 0.05) is 24.3 Å². The van der Waals surface area contributed by atoms with Crippen LogP contribution in [-0.4, -0.2) is 11.5 Å². The molecular weight excluding hydrogens is 150 g/mol. The fourth-order valence-corrected chi connectivity index (χ4v) is 1.07.